The number of hydrogen-bond donors (Lipinski definition) is 2. The van der Waals surface area contributed by atoms with Crippen molar-refractivity contribution in [3.05, 3.63) is 21.9 Å². The molecule has 1 amide bonds. The minimum atomic E-state index is -0.805. The second-order valence-electron chi connectivity index (χ2n) is 4.10. The second-order valence-corrected chi connectivity index (χ2v) is 5.35. The first kappa shape index (κ1) is 14.7. The summed E-state index contributed by atoms with van der Waals surface area (Å²) in [6.45, 7) is 2.68. The summed E-state index contributed by atoms with van der Waals surface area (Å²) in [7, 11) is 0. The molecule has 1 aromatic heterocycles. The van der Waals surface area contributed by atoms with Crippen LogP contribution in [0, 0.1) is 0 Å². The number of hydrogen-bond acceptors (Lipinski definition) is 3. The fourth-order valence-electron chi connectivity index (χ4n) is 1.54. The van der Waals surface area contributed by atoms with Crippen LogP contribution in [-0.4, -0.2) is 17.0 Å². The standard InChI is InChI=1S/C13H19NO3S/c1-2-10-7-8-11(18-10)9-14-12(15)5-3-4-6-13(16)17/h7-8H,2-6,9H2,1H3,(H,14,15)(H,16,17). The Labute approximate surface area is 111 Å². The molecule has 0 aliphatic heterocycles. The van der Waals surface area contributed by atoms with Crippen molar-refractivity contribution < 1.29 is 14.7 Å². The van der Waals surface area contributed by atoms with Gasteiger partial charge in [-0.1, -0.05) is 6.92 Å². The van der Waals surface area contributed by atoms with Gasteiger partial charge in [0.15, 0.2) is 0 Å². The molecule has 0 aliphatic carbocycles. The quantitative estimate of drug-likeness (QED) is 0.713. The fourth-order valence-corrected chi connectivity index (χ4v) is 2.44. The third-order valence-corrected chi connectivity index (χ3v) is 3.80. The normalized spacial score (nSPS) is 10.3. The SMILES string of the molecule is CCc1ccc(CNC(=O)CCCCC(=O)O)s1. The lowest BCUT2D eigenvalue weighted by atomic mass is 10.2. The van der Waals surface area contributed by atoms with Gasteiger partial charge in [-0.15, -0.1) is 11.3 Å². The lowest BCUT2D eigenvalue weighted by Crippen LogP contribution is -2.21. The summed E-state index contributed by atoms with van der Waals surface area (Å²) >= 11 is 1.71. The van der Waals surface area contributed by atoms with E-state index in [0.29, 0.717) is 25.8 Å². The lowest BCUT2D eigenvalue weighted by molar-refractivity contribution is -0.137. The summed E-state index contributed by atoms with van der Waals surface area (Å²) in [5, 5.41) is 11.3. The average molecular weight is 269 g/mol. The van der Waals surface area contributed by atoms with Gasteiger partial charge in [-0.05, 0) is 31.4 Å². The summed E-state index contributed by atoms with van der Waals surface area (Å²) in [5.41, 5.74) is 0. The van der Waals surface area contributed by atoms with Crippen LogP contribution < -0.4 is 5.32 Å². The van der Waals surface area contributed by atoms with E-state index in [2.05, 4.69) is 18.3 Å². The molecular weight excluding hydrogens is 250 g/mol. The Bertz CT molecular complexity index is 401. The Kier molecular flexibility index (Phi) is 6.43. The van der Waals surface area contributed by atoms with Crippen molar-refractivity contribution in [1.29, 1.82) is 0 Å². The highest BCUT2D eigenvalue weighted by atomic mass is 32.1. The number of amides is 1. The van der Waals surface area contributed by atoms with Crippen LogP contribution in [0.4, 0.5) is 0 Å². The van der Waals surface area contributed by atoms with Crippen molar-refractivity contribution in [2.24, 2.45) is 0 Å². The molecule has 0 bridgehead atoms. The first-order valence-corrected chi connectivity index (χ1v) is 6.99. The van der Waals surface area contributed by atoms with Gasteiger partial charge in [0.25, 0.3) is 0 Å². The van der Waals surface area contributed by atoms with Gasteiger partial charge in [-0.25, -0.2) is 0 Å². The highest BCUT2D eigenvalue weighted by molar-refractivity contribution is 7.11. The maximum Gasteiger partial charge on any atom is 0.303 e. The van der Waals surface area contributed by atoms with E-state index in [9.17, 15) is 9.59 Å². The topological polar surface area (TPSA) is 66.4 Å². The zero-order valence-electron chi connectivity index (χ0n) is 10.6. The minimum absolute atomic E-state index is 0.00756. The lowest BCUT2D eigenvalue weighted by Gasteiger charge is -2.02. The summed E-state index contributed by atoms with van der Waals surface area (Å²) in [6, 6.07) is 4.12. The van der Waals surface area contributed by atoms with Crippen molar-refractivity contribution >= 4 is 23.2 Å². The van der Waals surface area contributed by atoms with Crippen molar-refractivity contribution in [3.63, 3.8) is 0 Å². The molecule has 18 heavy (non-hydrogen) atoms. The van der Waals surface area contributed by atoms with E-state index in [1.165, 1.54) is 4.88 Å². The molecule has 0 saturated carbocycles. The van der Waals surface area contributed by atoms with Crippen molar-refractivity contribution in [2.75, 3.05) is 0 Å². The van der Waals surface area contributed by atoms with Gasteiger partial charge in [-0.2, -0.15) is 0 Å². The van der Waals surface area contributed by atoms with Gasteiger partial charge in [0.2, 0.25) is 5.91 Å². The molecule has 0 radical (unpaired) electrons. The van der Waals surface area contributed by atoms with E-state index in [-0.39, 0.29) is 12.3 Å². The molecule has 0 fully saturated rings. The smallest absolute Gasteiger partial charge is 0.303 e. The number of aryl methyl sites for hydroxylation is 1. The van der Waals surface area contributed by atoms with Crippen LogP contribution >= 0.6 is 11.3 Å². The molecule has 0 aliphatic rings. The van der Waals surface area contributed by atoms with Crippen LogP contribution in [0.1, 0.15) is 42.4 Å². The van der Waals surface area contributed by atoms with E-state index in [4.69, 9.17) is 5.11 Å². The number of nitrogens with one attached hydrogen (secondary N) is 1. The fraction of sp³-hybridized carbons (Fsp3) is 0.538. The van der Waals surface area contributed by atoms with Gasteiger partial charge in [-0.3, -0.25) is 9.59 Å². The van der Waals surface area contributed by atoms with Gasteiger partial charge in [0.05, 0.1) is 6.54 Å². The van der Waals surface area contributed by atoms with E-state index in [0.717, 1.165) is 11.3 Å². The zero-order chi connectivity index (χ0) is 13.4. The monoisotopic (exact) mass is 269 g/mol. The summed E-state index contributed by atoms with van der Waals surface area (Å²) in [6.07, 6.45) is 2.75. The maximum absolute atomic E-state index is 11.5. The van der Waals surface area contributed by atoms with Crippen molar-refractivity contribution in [1.82, 2.24) is 5.32 Å². The van der Waals surface area contributed by atoms with E-state index in [1.54, 1.807) is 11.3 Å². The summed E-state index contributed by atoms with van der Waals surface area (Å²) in [4.78, 5) is 24.2. The molecule has 1 heterocycles. The number of carboxylic acids is 1. The third kappa shape index (κ3) is 5.82. The molecule has 0 saturated heterocycles. The predicted octanol–water partition coefficient (Wildman–Crippen LogP) is 2.57. The van der Waals surface area contributed by atoms with Crippen LogP contribution in [0.25, 0.3) is 0 Å². The molecule has 2 N–H and O–H groups in total. The van der Waals surface area contributed by atoms with E-state index in [1.807, 2.05) is 6.07 Å². The van der Waals surface area contributed by atoms with Gasteiger partial charge in [0, 0.05) is 22.6 Å². The van der Waals surface area contributed by atoms with Crippen LogP contribution in [0.3, 0.4) is 0 Å². The van der Waals surface area contributed by atoms with Crippen LogP contribution in [0.5, 0.6) is 0 Å². The molecule has 5 heteroatoms. The largest absolute Gasteiger partial charge is 0.481 e. The van der Waals surface area contributed by atoms with Crippen LogP contribution in [0.15, 0.2) is 12.1 Å². The number of unbranched alkanes of at least 4 members (excludes halogenated alkanes) is 1. The number of carboxylic acid groups (broad SMARTS) is 1. The number of carbonyl (C=O) groups is 2. The van der Waals surface area contributed by atoms with Crippen molar-refractivity contribution in [3.8, 4) is 0 Å². The van der Waals surface area contributed by atoms with Crippen molar-refractivity contribution in [2.45, 2.75) is 45.6 Å². The number of rotatable bonds is 8. The first-order chi connectivity index (χ1) is 8.61. The van der Waals surface area contributed by atoms with Gasteiger partial charge >= 0.3 is 5.97 Å². The maximum atomic E-state index is 11.5. The Balaban J connectivity index is 2.14. The molecule has 0 unspecified atom stereocenters. The summed E-state index contributed by atoms with van der Waals surface area (Å²) < 4.78 is 0. The molecule has 0 aromatic carbocycles. The third-order valence-electron chi connectivity index (χ3n) is 2.57. The molecule has 1 aromatic rings. The Morgan fingerprint density at radius 2 is 1.89 bits per heavy atom. The van der Waals surface area contributed by atoms with E-state index < -0.39 is 5.97 Å². The molecular formula is C13H19NO3S. The first-order valence-electron chi connectivity index (χ1n) is 6.18. The molecule has 100 valence electrons. The molecule has 0 atom stereocenters. The Morgan fingerprint density at radius 1 is 1.22 bits per heavy atom. The number of thiophene rings is 1. The Morgan fingerprint density at radius 3 is 2.50 bits per heavy atom. The summed E-state index contributed by atoms with van der Waals surface area (Å²) in [5.74, 6) is -0.812. The Hall–Kier alpha value is -1.36. The number of carbonyl (C=O) groups excluding carboxylic acids is 1. The predicted molar refractivity (Wildman–Crippen MR) is 71.6 cm³/mol. The number of aliphatic carboxylic acids is 1. The molecule has 4 nitrogen and oxygen atoms in total. The van der Waals surface area contributed by atoms with Gasteiger partial charge in [0.1, 0.15) is 0 Å². The van der Waals surface area contributed by atoms with Crippen LogP contribution in [0.2, 0.25) is 0 Å². The van der Waals surface area contributed by atoms with Crippen LogP contribution in [-0.2, 0) is 22.6 Å². The molecule has 1 rings (SSSR count). The van der Waals surface area contributed by atoms with Gasteiger partial charge < -0.3 is 10.4 Å². The second kappa shape index (κ2) is 7.87. The van der Waals surface area contributed by atoms with E-state index >= 15 is 0 Å². The average Bonchev–Trinajstić information content (AvgIpc) is 2.80. The highest BCUT2D eigenvalue weighted by Crippen LogP contribution is 2.16. The highest BCUT2D eigenvalue weighted by Gasteiger charge is 2.04. The zero-order valence-corrected chi connectivity index (χ0v) is 11.4. The minimum Gasteiger partial charge on any atom is -0.481 e. The molecule has 0 spiro atoms.